The van der Waals surface area contributed by atoms with Crippen LogP contribution >= 0.6 is 0 Å². The molecule has 0 spiro atoms. The van der Waals surface area contributed by atoms with Gasteiger partial charge in [0.2, 0.25) is 5.91 Å². The Morgan fingerprint density at radius 3 is 2.62 bits per heavy atom. The van der Waals surface area contributed by atoms with Crippen LogP contribution in [0.4, 0.5) is 5.69 Å². The van der Waals surface area contributed by atoms with Crippen LogP contribution in [-0.2, 0) is 9.53 Å². The summed E-state index contributed by atoms with van der Waals surface area (Å²) in [5.74, 6) is 0.808. The number of ether oxygens (including phenoxy) is 1. The monoisotopic (exact) mass is 327 g/mol. The molecule has 0 N–H and O–H groups in total. The molecule has 128 valence electrons. The van der Waals surface area contributed by atoms with Crippen molar-refractivity contribution in [2.45, 2.75) is 31.7 Å². The van der Waals surface area contributed by atoms with E-state index in [-0.39, 0.29) is 11.9 Å². The summed E-state index contributed by atoms with van der Waals surface area (Å²) in [6.07, 6.45) is 4.11. The summed E-state index contributed by atoms with van der Waals surface area (Å²) in [4.78, 5) is 17.1. The van der Waals surface area contributed by atoms with Crippen LogP contribution in [0, 0.1) is 17.2 Å². The van der Waals surface area contributed by atoms with E-state index in [0.29, 0.717) is 11.5 Å². The van der Waals surface area contributed by atoms with Gasteiger partial charge in [-0.3, -0.25) is 9.69 Å². The van der Waals surface area contributed by atoms with Crippen molar-refractivity contribution in [1.29, 1.82) is 5.26 Å². The van der Waals surface area contributed by atoms with Crippen LogP contribution in [0.3, 0.4) is 0 Å². The first kappa shape index (κ1) is 16.9. The maximum absolute atomic E-state index is 13.0. The lowest BCUT2D eigenvalue weighted by Crippen LogP contribution is -2.52. The van der Waals surface area contributed by atoms with Crippen molar-refractivity contribution < 1.29 is 9.53 Å². The number of rotatable bonds is 4. The normalized spacial score (nSPS) is 22.6. The van der Waals surface area contributed by atoms with Crippen molar-refractivity contribution in [3.05, 3.63) is 29.8 Å². The summed E-state index contributed by atoms with van der Waals surface area (Å²) in [7, 11) is 2.07. The molecule has 0 radical (unpaired) electrons. The molecule has 1 amide bonds. The van der Waals surface area contributed by atoms with Crippen molar-refractivity contribution in [2.75, 3.05) is 38.3 Å². The highest BCUT2D eigenvalue weighted by molar-refractivity contribution is 5.97. The number of piperidine rings is 1. The Bertz CT molecular complexity index is 602. The highest BCUT2D eigenvalue weighted by Crippen LogP contribution is 2.25. The molecule has 0 aromatic heterocycles. The second-order valence-electron chi connectivity index (χ2n) is 6.80. The topological polar surface area (TPSA) is 56.6 Å². The van der Waals surface area contributed by atoms with Gasteiger partial charge in [-0.25, -0.2) is 0 Å². The molecular weight excluding hydrogens is 302 g/mol. The third-order valence-corrected chi connectivity index (χ3v) is 5.14. The molecule has 3 rings (SSSR count). The van der Waals surface area contributed by atoms with Crippen LogP contribution < -0.4 is 4.90 Å². The third-order valence-electron chi connectivity index (χ3n) is 5.14. The van der Waals surface area contributed by atoms with Gasteiger partial charge in [0, 0.05) is 32.0 Å². The quantitative estimate of drug-likeness (QED) is 0.852. The third kappa shape index (κ3) is 3.77. The number of nitriles is 1. The number of carbonyl (C=O) groups is 1. The highest BCUT2D eigenvalue weighted by Gasteiger charge is 2.33. The lowest BCUT2D eigenvalue weighted by atomic mass is 9.97. The summed E-state index contributed by atoms with van der Waals surface area (Å²) in [6.45, 7) is 3.40. The molecule has 0 bridgehead atoms. The van der Waals surface area contributed by atoms with E-state index >= 15 is 0 Å². The average molecular weight is 327 g/mol. The molecule has 24 heavy (non-hydrogen) atoms. The van der Waals surface area contributed by atoms with Crippen molar-refractivity contribution in [1.82, 2.24) is 4.90 Å². The Balaban J connectivity index is 1.66. The van der Waals surface area contributed by atoms with E-state index in [4.69, 9.17) is 10.00 Å². The SMILES string of the molecule is CN(CC1CCOCC1)[C@H]1CCCN(c2ccc(C#N)cc2)C1=O. The molecular formula is C19H25N3O2. The maximum Gasteiger partial charge on any atom is 0.244 e. The number of anilines is 1. The minimum atomic E-state index is -0.0442. The Labute approximate surface area is 143 Å². The molecule has 0 saturated carbocycles. The molecule has 2 fully saturated rings. The fraction of sp³-hybridized carbons (Fsp3) is 0.579. The Morgan fingerprint density at radius 1 is 1.25 bits per heavy atom. The van der Waals surface area contributed by atoms with Crippen LogP contribution in [0.1, 0.15) is 31.2 Å². The van der Waals surface area contributed by atoms with E-state index in [1.807, 2.05) is 17.0 Å². The van der Waals surface area contributed by atoms with E-state index < -0.39 is 0 Å². The van der Waals surface area contributed by atoms with Crippen molar-refractivity contribution in [2.24, 2.45) is 5.92 Å². The molecule has 2 aliphatic rings. The second-order valence-corrected chi connectivity index (χ2v) is 6.80. The maximum atomic E-state index is 13.0. The van der Waals surface area contributed by atoms with Gasteiger partial charge in [0.15, 0.2) is 0 Å². The van der Waals surface area contributed by atoms with Gasteiger partial charge in [0.1, 0.15) is 0 Å². The summed E-state index contributed by atoms with van der Waals surface area (Å²) in [5.41, 5.74) is 1.51. The van der Waals surface area contributed by atoms with Gasteiger partial charge in [-0.05, 0) is 62.9 Å². The fourth-order valence-electron chi connectivity index (χ4n) is 3.70. The van der Waals surface area contributed by atoms with Gasteiger partial charge in [-0.2, -0.15) is 5.26 Å². The van der Waals surface area contributed by atoms with Gasteiger partial charge < -0.3 is 9.64 Å². The zero-order valence-corrected chi connectivity index (χ0v) is 14.3. The Morgan fingerprint density at radius 2 is 1.96 bits per heavy atom. The lowest BCUT2D eigenvalue weighted by Gasteiger charge is -2.38. The molecule has 2 saturated heterocycles. The molecule has 1 aromatic carbocycles. The Hall–Kier alpha value is -1.90. The van der Waals surface area contributed by atoms with Gasteiger partial charge in [0.25, 0.3) is 0 Å². The minimum absolute atomic E-state index is 0.0442. The number of benzene rings is 1. The highest BCUT2D eigenvalue weighted by atomic mass is 16.5. The zero-order valence-electron chi connectivity index (χ0n) is 14.3. The standard InChI is InChI=1S/C19H25N3O2/c1-21(14-16-8-11-24-12-9-16)18-3-2-10-22(19(18)23)17-6-4-15(13-20)5-7-17/h4-7,16,18H,2-3,8-12,14H2,1H3/t18-/m0/s1. The first-order chi connectivity index (χ1) is 11.7. The molecule has 1 atom stereocenters. The number of hydrogen-bond acceptors (Lipinski definition) is 4. The average Bonchev–Trinajstić information content (AvgIpc) is 2.63. The van der Waals surface area contributed by atoms with Crippen LogP contribution in [-0.4, -0.2) is 50.2 Å². The van der Waals surface area contributed by atoms with Crippen molar-refractivity contribution in [3.8, 4) is 6.07 Å². The first-order valence-corrected chi connectivity index (χ1v) is 8.78. The molecule has 1 aromatic rings. The second kappa shape index (κ2) is 7.78. The summed E-state index contributed by atoms with van der Waals surface area (Å²) in [5, 5.41) is 8.92. The largest absolute Gasteiger partial charge is 0.381 e. The number of likely N-dealkylation sites (N-methyl/N-ethyl adjacent to an activating group) is 1. The number of hydrogen-bond donors (Lipinski definition) is 0. The predicted octanol–water partition coefficient (Wildman–Crippen LogP) is 2.41. The molecule has 0 aliphatic carbocycles. The molecule has 5 heteroatoms. The molecule has 0 unspecified atom stereocenters. The van der Waals surface area contributed by atoms with Crippen LogP contribution in [0.15, 0.2) is 24.3 Å². The smallest absolute Gasteiger partial charge is 0.244 e. The predicted molar refractivity (Wildman–Crippen MR) is 92.7 cm³/mol. The molecule has 5 nitrogen and oxygen atoms in total. The lowest BCUT2D eigenvalue weighted by molar-refractivity contribution is -0.125. The fourth-order valence-corrected chi connectivity index (χ4v) is 3.70. The summed E-state index contributed by atoms with van der Waals surface area (Å²) in [6, 6.07) is 9.37. The summed E-state index contributed by atoms with van der Waals surface area (Å²) >= 11 is 0. The van der Waals surface area contributed by atoms with Crippen LogP contribution in [0.25, 0.3) is 0 Å². The van der Waals surface area contributed by atoms with Gasteiger partial charge in [0.05, 0.1) is 17.7 Å². The van der Waals surface area contributed by atoms with Crippen LogP contribution in [0.2, 0.25) is 0 Å². The van der Waals surface area contributed by atoms with E-state index in [1.54, 1.807) is 12.1 Å². The first-order valence-electron chi connectivity index (χ1n) is 8.78. The Kier molecular flexibility index (Phi) is 5.49. The van der Waals surface area contributed by atoms with E-state index in [0.717, 1.165) is 57.7 Å². The number of nitrogens with zero attached hydrogens (tertiary/aromatic N) is 3. The van der Waals surface area contributed by atoms with Gasteiger partial charge in [-0.1, -0.05) is 0 Å². The number of amides is 1. The number of carbonyl (C=O) groups excluding carboxylic acids is 1. The van der Waals surface area contributed by atoms with E-state index in [1.165, 1.54) is 0 Å². The molecule has 2 aliphatic heterocycles. The van der Waals surface area contributed by atoms with E-state index in [9.17, 15) is 4.79 Å². The minimum Gasteiger partial charge on any atom is -0.381 e. The van der Waals surface area contributed by atoms with E-state index in [2.05, 4.69) is 18.0 Å². The summed E-state index contributed by atoms with van der Waals surface area (Å²) < 4.78 is 5.43. The van der Waals surface area contributed by atoms with Gasteiger partial charge >= 0.3 is 0 Å². The zero-order chi connectivity index (χ0) is 16.9. The molecule has 2 heterocycles. The van der Waals surface area contributed by atoms with Crippen LogP contribution in [0.5, 0.6) is 0 Å². The van der Waals surface area contributed by atoms with Crippen molar-refractivity contribution in [3.63, 3.8) is 0 Å². The van der Waals surface area contributed by atoms with Crippen molar-refractivity contribution >= 4 is 11.6 Å². The van der Waals surface area contributed by atoms with Gasteiger partial charge in [-0.15, -0.1) is 0 Å².